The number of carbonyl (C=O) groups excluding carboxylic acids is 1. The summed E-state index contributed by atoms with van der Waals surface area (Å²) in [5, 5.41) is 0. The first kappa shape index (κ1) is 15.3. The lowest BCUT2D eigenvalue weighted by molar-refractivity contribution is -0.135. The van der Waals surface area contributed by atoms with Crippen LogP contribution >= 0.6 is 0 Å². The molecule has 120 valence electrons. The molecule has 2 N–H and O–H groups in total. The molecular weight excluding hydrogens is 262 g/mol. The molecule has 1 heterocycles. The van der Waals surface area contributed by atoms with Crippen molar-refractivity contribution in [2.75, 3.05) is 26.2 Å². The fraction of sp³-hybridized carbons (Fsp3) is 0.941. The van der Waals surface area contributed by atoms with Gasteiger partial charge >= 0.3 is 0 Å². The highest BCUT2D eigenvalue weighted by molar-refractivity contribution is 5.78. The molecule has 21 heavy (non-hydrogen) atoms. The first-order chi connectivity index (χ1) is 10.2. The maximum absolute atomic E-state index is 12.7. The molecule has 1 saturated heterocycles. The van der Waals surface area contributed by atoms with Crippen molar-refractivity contribution in [1.29, 1.82) is 0 Å². The zero-order valence-corrected chi connectivity index (χ0v) is 13.5. The molecule has 3 atom stereocenters. The van der Waals surface area contributed by atoms with Crippen molar-refractivity contribution in [3.8, 4) is 0 Å². The van der Waals surface area contributed by atoms with E-state index in [9.17, 15) is 4.79 Å². The lowest BCUT2D eigenvalue weighted by atomic mass is 9.94. The van der Waals surface area contributed by atoms with Crippen LogP contribution in [0.4, 0.5) is 0 Å². The third-order valence-electron chi connectivity index (χ3n) is 6.02. The zero-order valence-electron chi connectivity index (χ0n) is 13.5. The molecule has 0 aromatic carbocycles. The van der Waals surface area contributed by atoms with Crippen LogP contribution in [-0.2, 0) is 4.79 Å². The number of likely N-dealkylation sites (N-methyl/N-ethyl adjacent to an activating group) is 1. The molecule has 0 bridgehead atoms. The molecule has 1 aliphatic heterocycles. The van der Waals surface area contributed by atoms with E-state index in [1.807, 2.05) is 0 Å². The molecule has 2 saturated carbocycles. The summed E-state index contributed by atoms with van der Waals surface area (Å²) in [5.74, 6) is 1.73. The van der Waals surface area contributed by atoms with Crippen LogP contribution < -0.4 is 5.73 Å². The molecule has 0 aromatic heterocycles. The van der Waals surface area contributed by atoms with Crippen molar-refractivity contribution in [1.82, 2.24) is 9.80 Å². The van der Waals surface area contributed by atoms with Gasteiger partial charge in [-0.3, -0.25) is 9.69 Å². The highest BCUT2D eigenvalue weighted by Crippen LogP contribution is 2.37. The van der Waals surface area contributed by atoms with E-state index in [1.54, 1.807) is 0 Å². The minimum Gasteiger partial charge on any atom is -0.339 e. The number of carbonyl (C=O) groups is 1. The average Bonchev–Trinajstić information content (AvgIpc) is 3.03. The molecule has 0 radical (unpaired) electrons. The van der Waals surface area contributed by atoms with Gasteiger partial charge in [0.05, 0.1) is 6.54 Å². The number of nitrogens with two attached hydrogens (primary N) is 1. The Balaban J connectivity index is 1.53. The summed E-state index contributed by atoms with van der Waals surface area (Å²) >= 11 is 0. The molecule has 3 unspecified atom stereocenters. The smallest absolute Gasteiger partial charge is 0.236 e. The SMILES string of the molecule is CCN(C(=O)CN1CC2CCC(N)C2C1)C1CCCCC1. The second kappa shape index (κ2) is 6.66. The maximum Gasteiger partial charge on any atom is 0.236 e. The number of rotatable bonds is 4. The standard InChI is InChI=1S/C17H31N3O/c1-2-20(14-6-4-3-5-7-14)17(21)12-19-10-13-8-9-16(18)15(13)11-19/h13-16H,2-12,18H2,1H3. The van der Waals surface area contributed by atoms with Crippen LogP contribution in [-0.4, -0.2) is 54.0 Å². The van der Waals surface area contributed by atoms with Crippen LogP contribution in [0.1, 0.15) is 51.9 Å². The lowest BCUT2D eigenvalue weighted by Crippen LogP contribution is -2.46. The van der Waals surface area contributed by atoms with E-state index in [-0.39, 0.29) is 0 Å². The van der Waals surface area contributed by atoms with Gasteiger partial charge in [0, 0.05) is 31.7 Å². The number of hydrogen-bond acceptors (Lipinski definition) is 3. The molecule has 0 aromatic rings. The molecule has 3 fully saturated rings. The second-order valence-corrected chi connectivity index (χ2v) is 7.33. The van der Waals surface area contributed by atoms with E-state index in [1.165, 1.54) is 44.9 Å². The number of hydrogen-bond donors (Lipinski definition) is 1. The van der Waals surface area contributed by atoms with E-state index < -0.39 is 0 Å². The monoisotopic (exact) mass is 293 g/mol. The van der Waals surface area contributed by atoms with Crippen molar-refractivity contribution >= 4 is 5.91 Å². The van der Waals surface area contributed by atoms with E-state index in [0.717, 1.165) is 25.6 Å². The Labute approximate surface area is 129 Å². The second-order valence-electron chi connectivity index (χ2n) is 7.33. The Morgan fingerprint density at radius 1 is 1.14 bits per heavy atom. The van der Waals surface area contributed by atoms with Crippen molar-refractivity contribution in [3.63, 3.8) is 0 Å². The van der Waals surface area contributed by atoms with Crippen molar-refractivity contribution < 1.29 is 4.79 Å². The molecule has 3 aliphatic rings. The van der Waals surface area contributed by atoms with Crippen molar-refractivity contribution in [2.45, 2.75) is 64.0 Å². The predicted molar refractivity (Wildman–Crippen MR) is 84.9 cm³/mol. The Hall–Kier alpha value is -0.610. The molecule has 0 spiro atoms. The van der Waals surface area contributed by atoms with Crippen LogP contribution in [0, 0.1) is 11.8 Å². The van der Waals surface area contributed by atoms with Gasteiger partial charge in [-0.25, -0.2) is 0 Å². The van der Waals surface area contributed by atoms with Gasteiger partial charge in [-0.15, -0.1) is 0 Å². The van der Waals surface area contributed by atoms with Crippen LogP contribution in [0.25, 0.3) is 0 Å². The zero-order chi connectivity index (χ0) is 14.8. The fourth-order valence-corrected chi connectivity index (χ4v) is 4.84. The van der Waals surface area contributed by atoms with Gasteiger partial charge in [-0.2, -0.15) is 0 Å². The van der Waals surface area contributed by atoms with Gasteiger partial charge in [0.2, 0.25) is 5.91 Å². The Kier molecular flexibility index (Phi) is 4.85. The Bertz CT molecular complexity index is 367. The molecule has 1 amide bonds. The largest absolute Gasteiger partial charge is 0.339 e. The summed E-state index contributed by atoms with van der Waals surface area (Å²) in [4.78, 5) is 17.2. The van der Waals surface area contributed by atoms with Crippen molar-refractivity contribution in [3.05, 3.63) is 0 Å². The van der Waals surface area contributed by atoms with E-state index >= 15 is 0 Å². The number of nitrogens with zero attached hydrogens (tertiary/aromatic N) is 2. The first-order valence-corrected chi connectivity index (χ1v) is 8.96. The lowest BCUT2D eigenvalue weighted by Gasteiger charge is -2.34. The van der Waals surface area contributed by atoms with Gasteiger partial charge in [0.15, 0.2) is 0 Å². The molecule has 2 aliphatic carbocycles. The van der Waals surface area contributed by atoms with Crippen molar-refractivity contribution in [2.24, 2.45) is 17.6 Å². The van der Waals surface area contributed by atoms with Gasteiger partial charge in [0.25, 0.3) is 0 Å². The summed E-state index contributed by atoms with van der Waals surface area (Å²) < 4.78 is 0. The van der Waals surface area contributed by atoms with Crippen LogP contribution in [0.3, 0.4) is 0 Å². The summed E-state index contributed by atoms with van der Waals surface area (Å²) in [6.07, 6.45) is 8.77. The highest BCUT2D eigenvalue weighted by Gasteiger charge is 2.41. The maximum atomic E-state index is 12.7. The van der Waals surface area contributed by atoms with Crippen LogP contribution in [0.5, 0.6) is 0 Å². The fourth-order valence-electron chi connectivity index (χ4n) is 4.84. The molecule has 3 rings (SSSR count). The summed E-state index contributed by atoms with van der Waals surface area (Å²) in [5.41, 5.74) is 6.19. The summed E-state index contributed by atoms with van der Waals surface area (Å²) in [7, 11) is 0. The van der Waals surface area contributed by atoms with Gasteiger partial charge in [0.1, 0.15) is 0 Å². The quantitative estimate of drug-likeness (QED) is 0.860. The number of likely N-dealkylation sites (tertiary alicyclic amines) is 1. The molecular formula is C17H31N3O. The summed E-state index contributed by atoms with van der Waals surface area (Å²) in [6.45, 7) is 5.74. The van der Waals surface area contributed by atoms with Crippen LogP contribution in [0.15, 0.2) is 0 Å². The highest BCUT2D eigenvalue weighted by atomic mass is 16.2. The predicted octanol–water partition coefficient (Wildman–Crippen LogP) is 1.84. The topological polar surface area (TPSA) is 49.6 Å². The van der Waals surface area contributed by atoms with E-state index in [4.69, 9.17) is 5.73 Å². The minimum absolute atomic E-state index is 0.345. The van der Waals surface area contributed by atoms with Gasteiger partial charge < -0.3 is 10.6 Å². The third-order valence-corrected chi connectivity index (χ3v) is 6.02. The van der Waals surface area contributed by atoms with E-state index in [2.05, 4.69) is 16.7 Å². The number of fused-ring (bicyclic) bond motifs is 1. The Morgan fingerprint density at radius 3 is 2.57 bits per heavy atom. The average molecular weight is 293 g/mol. The number of amides is 1. The normalized spacial score (nSPS) is 34.1. The van der Waals surface area contributed by atoms with Crippen LogP contribution in [0.2, 0.25) is 0 Å². The minimum atomic E-state index is 0.345. The molecule has 4 nitrogen and oxygen atoms in total. The van der Waals surface area contributed by atoms with Gasteiger partial charge in [-0.1, -0.05) is 19.3 Å². The van der Waals surface area contributed by atoms with E-state index in [0.29, 0.717) is 30.5 Å². The Morgan fingerprint density at radius 2 is 1.90 bits per heavy atom. The third kappa shape index (κ3) is 3.26. The van der Waals surface area contributed by atoms with Gasteiger partial charge in [-0.05, 0) is 44.4 Å². The first-order valence-electron chi connectivity index (χ1n) is 8.96. The molecule has 4 heteroatoms. The summed E-state index contributed by atoms with van der Waals surface area (Å²) in [6, 6.07) is 0.872.